The van der Waals surface area contributed by atoms with Crippen molar-refractivity contribution in [2.75, 3.05) is 11.9 Å². The smallest absolute Gasteiger partial charge is 0.292 e. The van der Waals surface area contributed by atoms with Crippen LogP contribution in [0.5, 0.6) is 0 Å². The topological polar surface area (TPSA) is 84.3 Å². The van der Waals surface area contributed by atoms with Crippen LogP contribution in [-0.4, -0.2) is 17.4 Å². The van der Waals surface area contributed by atoms with Crippen molar-refractivity contribution in [1.82, 2.24) is 5.32 Å². The van der Waals surface area contributed by atoms with Crippen LogP contribution in [0.1, 0.15) is 23.6 Å². The number of hydrogen-bond acceptors (Lipinski definition) is 5. The van der Waals surface area contributed by atoms with Gasteiger partial charge in [-0.15, -0.1) is 0 Å². The molecule has 0 aliphatic heterocycles. The summed E-state index contributed by atoms with van der Waals surface area (Å²) in [6.45, 7) is 0.285. The molecule has 0 bridgehead atoms. The van der Waals surface area contributed by atoms with Gasteiger partial charge in [0.25, 0.3) is 5.69 Å². The molecule has 8 heteroatoms. The molecule has 6 nitrogen and oxygen atoms in total. The molecule has 0 spiro atoms. The number of nitro benzene ring substituents is 1. The lowest BCUT2D eigenvalue weighted by Crippen LogP contribution is -2.30. The zero-order valence-corrected chi connectivity index (χ0v) is 16.4. The van der Waals surface area contributed by atoms with Crippen molar-refractivity contribution in [2.45, 2.75) is 12.5 Å². The van der Waals surface area contributed by atoms with Gasteiger partial charge in [-0.1, -0.05) is 35.9 Å². The minimum atomic E-state index is -0.449. The molecule has 2 N–H and O–H groups in total. The first-order valence-corrected chi connectivity index (χ1v) is 9.91. The summed E-state index contributed by atoms with van der Waals surface area (Å²) >= 11 is 7.53. The van der Waals surface area contributed by atoms with E-state index in [4.69, 9.17) is 11.6 Å². The van der Waals surface area contributed by atoms with E-state index in [1.807, 2.05) is 29.0 Å². The fourth-order valence-electron chi connectivity index (χ4n) is 2.78. The van der Waals surface area contributed by atoms with Crippen LogP contribution in [0.15, 0.2) is 65.4 Å². The number of rotatable bonds is 8. The third-order valence-corrected chi connectivity index (χ3v) is 5.11. The monoisotopic (exact) mass is 415 g/mol. The van der Waals surface area contributed by atoms with E-state index in [-0.39, 0.29) is 30.6 Å². The third-order valence-electron chi connectivity index (χ3n) is 4.15. The summed E-state index contributed by atoms with van der Waals surface area (Å²) in [7, 11) is 0. The van der Waals surface area contributed by atoms with Gasteiger partial charge in [-0.05, 0) is 46.2 Å². The van der Waals surface area contributed by atoms with Crippen molar-refractivity contribution < 1.29 is 9.72 Å². The van der Waals surface area contributed by atoms with Crippen LogP contribution in [0, 0.1) is 10.1 Å². The Labute approximate surface area is 171 Å². The maximum Gasteiger partial charge on any atom is 0.292 e. The molecular formula is C20H18ClN3O3S. The highest BCUT2D eigenvalue weighted by Crippen LogP contribution is 2.26. The van der Waals surface area contributed by atoms with Gasteiger partial charge in [-0.2, -0.15) is 11.3 Å². The molecule has 1 atom stereocenters. The summed E-state index contributed by atoms with van der Waals surface area (Å²) in [6, 6.07) is 15.4. The molecule has 0 saturated heterocycles. The summed E-state index contributed by atoms with van der Waals surface area (Å²) in [5, 5.41) is 21.6. The lowest BCUT2D eigenvalue weighted by Gasteiger charge is -2.19. The van der Waals surface area contributed by atoms with E-state index in [1.54, 1.807) is 41.7 Å². The second-order valence-electron chi connectivity index (χ2n) is 6.06. The molecular weight excluding hydrogens is 398 g/mol. The normalized spacial score (nSPS) is 11.6. The summed E-state index contributed by atoms with van der Waals surface area (Å²) in [5.74, 6) is -0.155. The number of carbonyl (C=O) groups is 1. The maximum absolute atomic E-state index is 12.5. The van der Waals surface area contributed by atoms with E-state index in [0.29, 0.717) is 10.7 Å². The van der Waals surface area contributed by atoms with Crippen LogP contribution in [0.3, 0.4) is 0 Å². The van der Waals surface area contributed by atoms with Gasteiger partial charge in [0.05, 0.1) is 11.0 Å². The van der Waals surface area contributed by atoms with Crippen LogP contribution in [-0.2, 0) is 4.79 Å². The van der Waals surface area contributed by atoms with Gasteiger partial charge in [0.1, 0.15) is 5.69 Å². The van der Waals surface area contributed by atoms with Gasteiger partial charge in [-0.3, -0.25) is 14.9 Å². The molecule has 1 aromatic heterocycles. The zero-order valence-electron chi connectivity index (χ0n) is 14.8. The number of nitro groups is 1. The number of thiophene rings is 1. The van der Waals surface area contributed by atoms with Crippen LogP contribution in [0.4, 0.5) is 11.4 Å². The number of para-hydroxylation sites is 2. The quantitative estimate of drug-likeness (QED) is 0.399. The minimum absolute atomic E-state index is 0.0137. The van der Waals surface area contributed by atoms with E-state index in [9.17, 15) is 14.9 Å². The first kappa shape index (κ1) is 19.9. The van der Waals surface area contributed by atoms with Crippen LogP contribution < -0.4 is 10.6 Å². The Morgan fingerprint density at radius 3 is 2.54 bits per heavy atom. The number of anilines is 1. The first-order chi connectivity index (χ1) is 13.5. The van der Waals surface area contributed by atoms with E-state index in [0.717, 1.165) is 11.1 Å². The van der Waals surface area contributed by atoms with Gasteiger partial charge in [-0.25, -0.2) is 0 Å². The lowest BCUT2D eigenvalue weighted by atomic mass is 10.0. The summed E-state index contributed by atoms with van der Waals surface area (Å²) in [6.07, 6.45) is 0.181. The van der Waals surface area contributed by atoms with E-state index in [2.05, 4.69) is 10.6 Å². The molecule has 3 rings (SSSR count). The number of benzene rings is 2. The highest BCUT2D eigenvalue weighted by molar-refractivity contribution is 7.08. The van der Waals surface area contributed by atoms with E-state index in [1.165, 1.54) is 6.07 Å². The van der Waals surface area contributed by atoms with Crippen molar-refractivity contribution >= 4 is 40.2 Å². The van der Waals surface area contributed by atoms with Gasteiger partial charge < -0.3 is 10.6 Å². The predicted molar refractivity (Wildman–Crippen MR) is 112 cm³/mol. The average molecular weight is 416 g/mol. The summed E-state index contributed by atoms with van der Waals surface area (Å²) < 4.78 is 0. The Bertz CT molecular complexity index is 946. The highest BCUT2D eigenvalue weighted by Gasteiger charge is 2.18. The molecule has 2 aromatic carbocycles. The number of nitrogens with one attached hydrogen (secondary N) is 2. The number of carbonyl (C=O) groups excluding carboxylic acids is 1. The number of nitrogens with zero attached hydrogens (tertiary/aromatic N) is 1. The molecule has 0 aliphatic carbocycles. The van der Waals surface area contributed by atoms with Crippen molar-refractivity contribution in [3.8, 4) is 0 Å². The predicted octanol–water partition coefficient (Wildman–Crippen LogP) is 5.02. The molecule has 28 heavy (non-hydrogen) atoms. The number of hydrogen-bond donors (Lipinski definition) is 2. The summed E-state index contributed by atoms with van der Waals surface area (Å²) in [4.78, 5) is 23.1. The molecule has 1 unspecified atom stereocenters. The van der Waals surface area contributed by atoms with Crippen molar-refractivity contribution in [3.63, 3.8) is 0 Å². The fraction of sp³-hybridized carbons (Fsp3) is 0.150. The molecule has 1 amide bonds. The standard InChI is InChI=1S/C20H18ClN3O3S/c21-16-7-5-14(6-8-16)20(15-10-12-28-13-15)23-19(25)9-11-22-17-3-1-2-4-18(17)24(26)27/h1-8,10,12-13,20,22H,9,11H2,(H,23,25). The number of amides is 1. The van der Waals surface area contributed by atoms with E-state index < -0.39 is 4.92 Å². The second kappa shape index (κ2) is 9.34. The number of halogens is 1. The average Bonchev–Trinajstić information content (AvgIpc) is 3.22. The van der Waals surface area contributed by atoms with Crippen molar-refractivity contribution in [1.29, 1.82) is 0 Å². The van der Waals surface area contributed by atoms with Crippen LogP contribution in [0.25, 0.3) is 0 Å². The molecule has 0 aliphatic rings. The second-order valence-corrected chi connectivity index (χ2v) is 7.28. The summed E-state index contributed by atoms with van der Waals surface area (Å²) in [5.41, 5.74) is 2.31. The third kappa shape index (κ3) is 5.09. The molecule has 3 aromatic rings. The Hall–Kier alpha value is -2.90. The van der Waals surface area contributed by atoms with Gasteiger partial charge in [0.2, 0.25) is 5.91 Å². The molecule has 0 fully saturated rings. The molecule has 144 valence electrons. The van der Waals surface area contributed by atoms with Gasteiger partial charge in [0, 0.05) is 24.1 Å². The molecule has 0 radical (unpaired) electrons. The minimum Gasteiger partial charge on any atom is -0.379 e. The first-order valence-electron chi connectivity index (χ1n) is 8.59. The van der Waals surface area contributed by atoms with E-state index >= 15 is 0 Å². The molecule has 0 saturated carbocycles. The van der Waals surface area contributed by atoms with Gasteiger partial charge >= 0.3 is 0 Å². The Balaban J connectivity index is 1.63. The zero-order chi connectivity index (χ0) is 19.9. The van der Waals surface area contributed by atoms with Crippen LogP contribution in [0.2, 0.25) is 5.02 Å². The lowest BCUT2D eigenvalue weighted by molar-refractivity contribution is -0.384. The maximum atomic E-state index is 12.5. The van der Waals surface area contributed by atoms with Crippen LogP contribution >= 0.6 is 22.9 Å². The molecule has 1 heterocycles. The van der Waals surface area contributed by atoms with Crippen molar-refractivity contribution in [3.05, 3.63) is 91.6 Å². The van der Waals surface area contributed by atoms with Gasteiger partial charge in [0.15, 0.2) is 0 Å². The highest BCUT2D eigenvalue weighted by atomic mass is 35.5. The largest absolute Gasteiger partial charge is 0.379 e. The fourth-order valence-corrected chi connectivity index (χ4v) is 3.59. The Kier molecular flexibility index (Phi) is 6.62. The van der Waals surface area contributed by atoms with Crippen molar-refractivity contribution in [2.24, 2.45) is 0 Å². The Morgan fingerprint density at radius 1 is 1.11 bits per heavy atom. The SMILES string of the molecule is O=C(CCNc1ccccc1[N+](=O)[O-])NC(c1ccc(Cl)cc1)c1ccsc1. The Morgan fingerprint density at radius 2 is 1.86 bits per heavy atom.